The second-order valence-electron chi connectivity index (χ2n) is 6.50. The van der Waals surface area contributed by atoms with Gasteiger partial charge in [-0.05, 0) is 31.5 Å². The maximum Gasteiger partial charge on any atom is 0.246 e. The summed E-state index contributed by atoms with van der Waals surface area (Å²) in [7, 11) is -3.38. The van der Waals surface area contributed by atoms with Crippen molar-refractivity contribution in [3.05, 3.63) is 41.2 Å². The molecule has 146 valence electrons. The van der Waals surface area contributed by atoms with Gasteiger partial charge in [0.2, 0.25) is 15.0 Å². The lowest BCUT2D eigenvalue weighted by Crippen LogP contribution is -2.31. The Morgan fingerprint density at radius 1 is 1.15 bits per heavy atom. The summed E-state index contributed by atoms with van der Waals surface area (Å²) >= 11 is 0. The number of ether oxygens (including phenoxy) is 2. The molecule has 1 aliphatic rings. The Morgan fingerprint density at radius 3 is 2.59 bits per heavy atom. The number of fused-ring (bicyclic) bond motifs is 1. The Hall–Kier alpha value is -2.19. The molecule has 0 radical (unpaired) electrons. The highest BCUT2D eigenvalue weighted by Gasteiger charge is 2.21. The molecule has 0 saturated carbocycles. The van der Waals surface area contributed by atoms with E-state index in [1.54, 1.807) is 6.20 Å². The molecule has 0 unspecified atom stereocenters. The van der Waals surface area contributed by atoms with Gasteiger partial charge in [-0.25, -0.2) is 18.4 Å². The average Bonchev–Trinajstić information content (AvgIpc) is 2.63. The normalized spacial score (nSPS) is 14.6. The number of rotatable bonds is 7. The van der Waals surface area contributed by atoms with Gasteiger partial charge in [-0.2, -0.15) is 0 Å². The number of hydrogen-bond acceptors (Lipinski definition) is 7. The minimum absolute atomic E-state index is 0.0948. The quantitative estimate of drug-likeness (QED) is 0.670. The van der Waals surface area contributed by atoms with E-state index in [1.807, 2.05) is 32.0 Å². The van der Waals surface area contributed by atoms with E-state index in [-0.39, 0.29) is 5.16 Å². The Morgan fingerprint density at radius 2 is 1.89 bits per heavy atom. The van der Waals surface area contributed by atoms with Crippen molar-refractivity contribution in [2.75, 3.05) is 26.0 Å². The molecule has 27 heavy (non-hydrogen) atoms. The van der Waals surface area contributed by atoms with Crippen molar-refractivity contribution in [2.24, 2.45) is 0 Å². The maximum atomic E-state index is 11.6. The van der Waals surface area contributed by atoms with Gasteiger partial charge in [0.25, 0.3) is 0 Å². The molecular formula is C19H25N3O4S. The first kappa shape index (κ1) is 19.6. The lowest BCUT2D eigenvalue weighted by molar-refractivity contribution is 0.240. The molecule has 0 bridgehead atoms. The highest BCUT2D eigenvalue weighted by Crippen LogP contribution is 2.29. The number of hydrogen-bond donors (Lipinski definition) is 0. The fraction of sp³-hybridized carbons (Fsp3) is 0.474. The van der Waals surface area contributed by atoms with Gasteiger partial charge < -0.3 is 9.47 Å². The van der Waals surface area contributed by atoms with Crippen molar-refractivity contribution in [3.63, 3.8) is 0 Å². The van der Waals surface area contributed by atoms with Crippen molar-refractivity contribution in [3.8, 4) is 11.5 Å². The fourth-order valence-electron chi connectivity index (χ4n) is 3.12. The van der Waals surface area contributed by atoms with E-state index in [1.165, 1.54) is 0 Å². The molecule has 1 aromatic heterocycles. The van der Waals surface area contributed by atoms with E-state index in [2.05, 4.69) is 14.9 Å². The van der Waals surface area contributed by atoms with Gasteiger partial charge in [0.1, 0.15) is 0 Å². The first-order valence-electron chi connectivity index (χ1n) is 9.06. The van der Waals surface area contributed by atoms with E-state index in [0.29, 0.717) is 26.2 Å². The number of aromatic nitrogens is 2. The van der Waals surface area contributed by atoms with Crippen molar-refractivity contribution in [1.82, 2.24) is 14.9 Å². The molecule has 7 nitrogen and oxygen atoms in total. The third-order valence-electron chi connectivity index (χ3n) is 4.34. The predicted octanol–water partition coefficient (Wildman–Crippen LogP) is 2.24. The Kier molecular flexibility index (Phi) is 5.96. The van der Waals surface area contributed by atoms with E-state index >= 15 is 0 Å². The van der Waals surface area contributed by atoms with Crippen LogP contribution in [-0.2, 0) is 29.3 Å². The fourth-order valence-corrected chi connectivity index (χ4v) is 3.64. The summed E-state index contributed by atoms with van der Waals surface area (Å²) in [6, 6.07) is 6.02. The molecule has 1 aliphatic heterocycles. The van der Waals surface area contributed by atoms with Gasteiger partial charge in [-0.15, -0.1) is 0 Å². The summed E-state index contributed by atoms with van der Waals surface area (Å²) < 4.78 is 34.6. The monoisotopic (exact) mass is 391 g/mol. The molecule has 0 spiro atoms. The Labute approximate surface area is 160 Å². The molecule has 0 saturated heterocycles. The molecule has 1 aromatic carbocycles. The lowest BCUT2D eigenvalue weighted by atomic mass is 10.1. The number of sulfone groups is 1. The minimum atomic E-state index is -3.38. The lowest BCUT2D eigenvalue weighted by Gasteiger charge is -2.28. The Balaban J connectivity index is 1.74. The van der Waals surface area contributed by atoms with Crippen LogP contribution >= 0.6 is 0 Å². The van der Waals surface area contributed by atoms with Crippen LogP contribution in [-0.4, -0.2) is 49.3 Å². The zero-order valence-corrected chi connectivity index (χ0v) is 16.8. The van der Waals surface area contributed by atoms with E-state index in [4.69, 9.17) is 9.47 Å². The smallest absolute Gasteiger partial charge is 0.246 e. The summed E-state index contributed by atoms with van der Waals surface area (Å²) in [6.07, 6.45) is 3.47. The summed E-state index contributed by atoms with van der Waals surface area (Å²) in [5.41, 5.74) is 2.94. The highest BCUT2D eigenvalue weighted by atomic mass is 32.2. The van der Waals surface area contributed by atoms with Gasteiger partial charge in [-0.1, -0.05) is 6.07 Å². The van der Waals surface area contributed by atoms with Crippen LogP contribution in [0, 0.1) is 0 Å². The summed E-state index contributed by atoms with van der Waals surface area (Å²) in [6.45, 7) is 7.35. The van der Waals surface area contributed by atoms with E-state index < -0.39 is 9.84 Å². The molecule has 0 N–H and O–H groups in total. The van der Waals surface area contributed by atoms with Crippen molar-refractivity contribution < 1.29 is 17.9 Å². The van der Waals surface area contributed by atoms with Crippen LogP contribution in [0.5, 0.6) is 11.5 Å². The van der Waals surface area contributed by atoms with Crippen LogP contribution < -0.4 is 9.47 Å². The third-order valence-corrected chi connectivity index (χ3v) is 5.20. The van der Waals surface area contributed by atoms with Crippen LogP contribution in [0.25, 0.3) is 0 Å². The number of nitrogens with zero attached hydrogens (tertiary/aromatic N) is 3. The standard InChI is InChI=1S/C19H25N3O4S/c1-4-25-17-7-6-14(10-18(17)26-5-2)12-22-9-8-16-15(13-22)11-20-19(21-16)27(3,23)24/h6-7,10-11H,4-5,8-9,12-13H2,1-3H3. The largest absolute Gasteiger partial charge is 0.490 e. The van der Waals surface area contributed by atoms with Crippen molar-refractivity contribution in [1.29, 1.82) is 0 Å². The molecule has 3 rings (SSSR count). The summed E-state index contributed by atoms with van der Waals surface area (Å²) in [5, 5.41) is -0.0948. The van der Waals surface area contributed by atoms with Crippen LogP contribution in [0.3, 0.4) is 0 Å². The molecule has 8 heteroatoms. The van der Waals surface area contributed by atoms with Crippen LogP contribution in [0.15, 0.2) is 29.6 Å². The van der Waals surface area contributed by atoms with Gasteiger partial charge in [0, 0.05) is 44.1 Å². The predicted molar refractivity (Wildman–Crippen MR) is 102 cm³/mol. The van der Waals surface area contributed by atoms with Crippen molar-refractivity contribution in [2.45, 2.75) is 38.5 Å². The molecule has 2 heterocycles. The van der Waals surface area contributed by atoms with Crippen LogP contribution in [0.1, 0.15) is 30.7 Å². The second kappa shape index (κ2) is 8.22. The van der Waals surface area contributed by atoms with Crippen molar-refractivity contribution >= 4 is 9.84 Å². The van der Waals surface area contributed by atoms with Gasteiger partial charge in [-0.3, -0.25) is 4.90 Å². The number of benzene rings is 1. The van der Waals surface area contributed by atoms with E-state index in [9.17, 15) is 8.42 Å². The van der Waals surface area contributed by atoms with Gasteiger partial charge in [0.15, 0.2) is 11.5 Å². The first-order valence-corrected chi connectivity index (χ1v) is 11.0. The first-order chi connectivity index (χ1) is 12.9. The topological polar surface area (TPSA) is 81.6 Å². The SMILES string of the molecule is CCOc1ccc(CN2CCc3nc(S(C)(=O)=O)ncc3C2)cc1OCC. The van der Waals surface area contributed by atoms with E-state index in [0.717, 1.165) is 47.7 Å². The van der Waals surface area contributed by atoms with Gasteiger partial charge >= 0.3 is 0 Å². The highest BCUT2D eigenvalue weighted by molar-refractivity contribution is 7.90. The van der Waals surface area contributed by atoms with Gasteiger partial charge in [0.05, 0.1) is 18.9 Å². The molecule has 0 atom stereocenters. The molecule has 0 aliphatic carbocycles. The molecule has 2 aromatic rings. The van der Waals surface area contributed by atoms with Crippen LogP contribution in [0.4, 0.5) is 0 Å². The molecule has 0 amide bonds. The molecule has 0 fully saturated rings. The third kappa shape index (κ3) is 4.75. The second-order valence-corrected chi connectivity index (χ2v) is 8.41. The minimum Gasteiger partial charge on any atom is -0.490 e. The zero-order chi connectivity index (χ0) is 19.4. The molecular weight excluding hydrogens is 366 g/mol. The summed E-state index contributed by atoms with van der Waals surface area (Å²) in [5.74, 6) is 1.52. The maximum absolute atomic E-state index is 11.6. The zero-order valence-electron chi connectivity index (χ0n) is 15.9. The average molecular weight is 391 g/mol. The van der Waals surface area contributed by atoms with Crippen LogP contribution in [0.2, 0.25) is 0 Å². The Bertz CT molecular complexity index is 915. The summed E-state index contributed by atoms with van der Waals surface area (Å²) in [4.78, 5) is 10.5.